The summed E-state index contributed by atoms with van der Waals surface area (Å²) in [5.41, 5.74) is 3.35. The predicted octanol–water partition coefficient (Wildman–Crippen LogP) is 4.38. The Morgan fingerprint density at radius 3 is 2.50 bits per heavy atom. The topological polar surface area (TPSA) is 73.8 Å². The van der Waals surface area contributed by atoms with Gasteiger partial charge in [0.25, 0.3) is 0 Å². The molecule has 1 fully saturated rings. The normalized spacial score (nSPS) is 18.7. The van der Waals surface area contributed by atoms with E-state index in [2.05, 4.69) is 69.8 Å². The minimum atomic E-state index is -0.365. The molecule has 2 aliphatic rings. The number of carbonyl (C=O) groups excluding carboxylic acids is 1. The van der Waals surface area contributed by atoms with Crippen molar-refractivity contribution in [2.24, 2.45) is 0 Å². The van der Waals surface area contributed by atoms with Crippen LogP contribution in [0.1, 0.15) is 56.0 Å². The summed E-state index contributed by atoms with van der Waals surface area (Å²) in [5.74, 6) is 1.13. The Morgan fingerprint density at radius 2 is 1.85 bits per heavy atom. The van der Waals surface area contributed by atoms with E-state index < -0.39 is 0 Å². The van der Waals surface area contributed by atoms with Crippen molar-refractivity contribution in [3.63, 3.8) is 0 Å². The Labute approximate surface area is 202 Å². The highest BCUT2D eigenvalue weighted by atomic mass is 16.6. The van der Waals surface area contributed by atoms with Gasteiger partial charge in [-0.1, -0.05) is 37.3 Å². The maximum Gasteiger partial charge on any atom is 0.415 e. The molecule has 8 heteroatoms. The fourth-order valence-corrected chi connectivity index (χ4v) is 4.81. The zero-order valence-corrected chi connectivity index (χ0v) is 20.5. The Kier molecular flexibility index (Phi) is 7.80. The number of anilines is 2. The highest BCUT2D eigenvalue weighted by Gasteiger charge is 2.27. The molecule has 0 spiro atoms. The number of ether oxygens (including phenoxy) is 1. The van der Waals surface area contributed by atoms with Crippen molar-refractivity contribution in [3.05, 3.63) is 59.8 Å². The highest BCUT2D eigenvalue weighted by molar-refractivity contribution is 5.89. The van der Waals surface area contributed by atoms with Crippen LogP contribution in [0.4, 0.5) is 16.6 Å². The van der Waals surface area contributed by atoms with Gasteiger partial charge in [0.05, 0.1) is 11.6 Å². The first-order valence-electron chi connectivity index (χ1n) is 12.3. The standard InChI is InChI=1S/C26H36N6O2/c1-5-12-30-13-15-31(16-14-30)23(6-2)21-10-8-20(9-11-21)19(4)28-25-27-17-22-18-34-26(33)32(7-3)24(22)29-25/h5,8-11,17,19,23H,1,6-7,12-16,18H2,2-4H3,(H,27,28,29)/t19-,23?/m0/s1. The van der Waals surface area contributed by atoms with Crippen LogP contribution in [-0.2, 0) is 11.3 Å². The molecule has 34 heavy (non-hydrogen) atoms. The lowest BCUT2D eigenvalue weighted by Gasteiger charge is -2.39. The van der Waals surface area contributed by atoms with Crippen LogP contribution in [0.25, 0.3) is 0 Å². The number of aromatic nitrogens is 2. The van der Waals surface area contributed by atoms with Gasteiger partial charge in [0.2, 0.25) is 5.95 Å². The van der Waals surface area contributed by atoms with Crippen molar-refractivity contribution in [2.45, 2.75) is 45.9 Å². The number of fused-ring (bicyclic) bond motifs is 1. The van der Waals surface area contributed by atoms with Gasteiger partial charge in [0.1, 0.15) is 12.4 Å². The van der Waals surface area contributed by atoms with Crippen LogP contribution in [-0.4, -0.2) is 65.1 Å². The van der Waals surface area contributed by atoms with Gasteiger partial charge in [-0.25, -0.2) is 9.78 Å². The summed E-state index contributed by atoms with van der Waals surface area (Å²) < 4.78 is 5.17. The molecule has 1 aromatic carbocycles. The molecule has 1 amide bonds. The smallest absolute Gasteiger partial charge is 0.415 e. The first-order valence-corrected chi connectivity index (χ1v) is 12.3. The van der Waals surface area contributed by atoms with Gasteiger partial charge in [-0.2, -0.15) is 4.98 Å². The van der Waals surface area contributed by atoms with Crippen LogP contribution in [0.2, 0.25) is 0 Å². The van der Waals surface area contributed by atoms with E-state index in [1.54, 1.807) is 6.20 Å². The third-order valence-electron chi connectivity index (χ3n) is 6.77. The quantitative estimate of drug-likeness (QED) is 0.552. The van der Waals surface area contributed by atoms with E-state index in [4.69, 9.17) is 4.74 Å². The van der Waals surface area contributed by atoms with Crippen LogP contribution < -0.4 is 10.2 Å². The number of carbonyl (C=O) groups is 1. The highest BCUT2D eigenvalue weighted by Crippen LogP contribution is 2.29. The van der Waals surface area contributed by atoms with Crippen molar-refractivity contribution >= 4 is 17.9 Å². The molecule has 8 nitrogen and oxygen atoms in total. The number of benzene rings is 1. The monoisotopic (exact) mass is 464 g/mol. The SMILES string of the molecule is C=CCN1CCN(C(CC)c2ccc([C@H](C)Nc3ncc4c(n3)N(CC)C(=O)OC4)cc2)CC1. The van der Waals surface area contributed by atoms with Gasteiger partial charge < -0.3 is 10.1 Å². The van der Waals surface area contributed by atoms with E-state index in [-0.39, 0.29) is 18.7 Å². The van der Waals surface area contributed by atoms with Crippen LogP contribution >= 0.6 is 0 Å². The molecule has 0 bridgehead atoms. The third kappa shape index (κ3) is 5.23. The van der Waals surface area contributed by atoms with Gasteiger partial charge in [0.15, 0.2) is 0 Å². The molecule has 1 N–H and O–H groups in total. The largest absolute Gasteiger partial charge is 0.444 e. The molecule has 2 aliphatic heterocycles. The lowest BCUT2D eigenvalue weighted by molar-refractivity contribution is 0.101. The molecular weight excluding hydrogens is 428 g/mol. The van der Waals surface area contributed by atoms with Gasteiger partial charge in [-0.05, 0) is 31.4 Å². The average Bonchev–Trinajstić information content (AvgIpc) is 2.86. The molecule has 0 aliphatic carbocycles. The summed E-state index contributed by atoms with van der Waals surface area (Å²) in [6.45, 7) is 16.2. The van der Waals surface area contributed by atoms with E-state index >= 15 is 0 Å². The van der Waals surface area contributed by atoms with E-state index in [1.165, 1.54) is 16.0 Å². The molecule has 2 aromatic rings. The number of rotatable bonds is 9. The van der Waals surface area contributed by atoms with E-state index in [0.717, 1.165) is 44.7 Å². The second-order valence-corrected chi connectivity index (χ2v) is 8.92. The van der Waals surface area contributed by atoms with Gasteiger partial charge >= 0.3 is 6.09 Å². The van der Waals surface area contributed by atoms with E-state index in [9.17, 15) is 4.79 Å². The molecular formula is C26H36N6O2. The number of nitrogens with one attached hydrogen (secondary N) is 1. The summed E-state index contributed by atoms with van der Waals surface area (Å²) in [6.07, 6.45) is 4.45. The zero-order valence-electron chi connectivity index (χ0n) is 20.5. The van der Waals surface area contributed by atoms with Gasteiger partial charge in [0, 0.05) is 51.5 Å². The molecule has 0 saturated carbocycles. The minimum absolute atomic E-state index is 0.0280. The van der Waals surface area contributed by atoms with Crippen molar-refractivity contribution in [1.29, 1.82) is 0 Å². The van der Waals surface area contributed by atoms with Crippen molar-refractivity contribution in [1.82, 2.24) is 19.8 Å². The average molecular weight is 465 g/mol. The first-order chi connectivity index (χ1) is 16.5. The second kappa shape index (κ2) is 11.0. The van der Waals surface area contributed by atoms with Crippen LogP contribution in [0.3, 0.4) is 0 Å². The Hall–Kier alpha value is -2.97. The van der Waals surface area contributed by atoms with Crippen LogP contribution in [0, 0.1) is 0 Å². The third-order valence-corrected chi connectivity index (χ3v) is 6.77. The Morgan fingerprint density at radius 1 is 1.15 bits per heavy atom. The van der Waals surface area contributed by atoms with E-state index in [0.29, 0.717) is 24.4 Å². The van der Waals surface area contributed by atoms with E-state index in [1.807, 2.05) is 13.0 Å². The summed E-state index contributed by atoms with van der Waals surface area (Å²) in [5, 5.41) is 3.39. The summed E-state index contributed by atoms with van der Waals surface area (Å²) in [7, 11) is 0. The number of piperazine rings is 1. The van der Waals surface area contributed by atoms with Crippen molar-refractivity contribution in [2.75, 3.05) is 49.5 Å². The molecule has 2 atom stereocenters. The number of nitrogens with zero attached hydrogens (tertiary/aromatic N) is 5. The molecule has 4 rings (SSSR count). The predicted molar refractivity (Wildman–Crippen MR) is 135 cm³/mol. The van der Waals surface area contributed by atoms with Gasteiger partial charge in [-0.3, -0.25) is 14.7 Å². The van der Waals surface area contributed by atoms with Gasteiger partial charge in [-0.15, -0.1) is 6.58 Å². The molecule has 1 saturated heterocycles. The number of amides is 1. The fraction of sp³-hybridized carbons (Fsp3) is 0.500. The molecule has 1 unspecified atom stereocenters. The summed E-state index contributed by atoms with van der Waals surface area (Å²) in [6, 6.07) is 9.35. The second-order valence-electron chi connectivity index (χ2n) is 8.92. The lowest BCUT2D eigenvalue weighted by atomic mass is 9.98. The molecule has 182 valence electrons. The molecule has 0 radical (unpaired) electrons. The Balaban J connectivity index is 1.41. The minimum Gasteiger partial charge on any atom is -0.444 e. The number of cyclic esters (lactones) is 1. The van der Waals surface area contributed by atoms with Crippen LogP contribution in [0.15, 0.2) is 43.1 Å². The lowest BCUT2D eigenvalue weighted by Crippen LogP contribution is -2.47. The molecule has 1 aromatic heterocycles. The summed E-state index contributed by atoms with van der Waals surface area (Å²) in [4.78, 5) is 27.7. The summed E-state index contributed by atoms with van der Waals surface area (Å²) >= 11 is 0. The van der Waals surface area contributed by atoms with Crippen LogP contribution in [0.5, 0.6) is 0 Å². The molecule has 3 heterocycles. The zero-order chi connectivity index (χ0) is 24.1. The Bertz CT molecular complexity index is 987. The maximum atomic E-state index is 12.0. The maximum absolute atomic E-state index is 12.0. The van der Waals surface area contributed by atoms with Crippen molar-refractivity contribution < 1.29 is 9.53 Å². The number of hydrogen-bond acceptors (Lipinski definition) is 7. The number of hydrogen-bond donors (Lipinski definition) is 1. The van der Waals surface area contributed by atoms with Crippen molar-refractivity contribution in [3.8, 4) is 0 Å². The fourth-order valence-electron chi connectivity index (χ4n) is 4.81. The first kappa shape index (κ1) is 24.2.